The van der Waals surface area contributed by atoms with E-state index in [1.54, 1.807) is 18.0 Å². The van der Waals surface area contributed by atoms with Gasteiger partial charge in [0.1, 0.15) is 30.2 Å². The van der Waals surface area contributed by atoms with E-state index in [1.807, 2.05) is 48.7 Å². The Morgan fingerprint density at radius 1 is 1.00 bits per heavy atom. The number of pyridine rings is 1. The molecular weight excluding hydrogens is 712 g/mol. The van der Waals surface area contributed by atoms with E-state index in [0.717, 1.165) is 58.6 Å². The van der Waals surface area contributed by atoms with Crippen LogP contribution in [0.25, 0.3) is 11.1 Å². The van der Waals surface area contributed by atoms with Crippen LogP contribution < -0.4 is 4.74 Å². The highest BCUT2D eigenvalue weighted by molar-refractivity contribution is 7.99. The van der Waals surface area contributed by atoms with Crippen molar-refractivity contribution in [1.29, 1.82) is 0 Å². The summed E-state index contributed by atoms with van der Waals surface area (Å²) in [5.74, 6) is 1.18. The van der Waals surface area contributed by atoms with E-state index in [-0.39, 0.29) is 51.3 Å². The number of thioether (sulfide) groups is 1. The minimum atomic E-state index is -1.80. The highest BCUT2D eigenvalue weighted by atomic mass is 35.5. The van der Waals surface area contributed by atoms with E-state index in [2.05, 4.69) is 11.1 Å². The first-order valence-electron chi connectivity index (χ1n) is 17.7. The topological polar surface area (TPSA) is 182 Å². The number of carbonyl (C=O) groups is 1. The molecule has 2 aliphatic rings. The number of halogens is 1. The number of ether oxygens (including phenoxy) is 3. The second kappa shape index (κ2) is 19.5. The maximum Gasteiger partial charge on any atom is 0.222 e. The highest BCUT2D eigenvalue weighted by Gasteiger charge is 2.48. The van der Waals surface area contributed by atoms with Crippen molar-refractivity contribution in [1.82, 2.24) is 9.88 Å². The van der Waals surface area contributed by atoms with Crippen LogP contribution in [-0.4, -0.2) is 122 Å². The Balaban J connectivity index is 1.16. The van der Waals surface area contributed by atoms with E-state index in [4.69, 9.17) is 36.0 Å². The van der Waals surface area contributed by atoms with Gasteiger partial charge in [-0.25, -0.2) is 0 Å². The van der Waals surface area contributed by atoms with Crippen molar-refractivity contribution in [2.45, 2.75) is 86.1 Å². The third-order valence-corrected chi connectivity index (χ3v) is 10.6. The number of aromatic nitrogens is 1. The van der Waals surface area contributed by atoms with Crippen LogP contribution in [0.3, 0.4) is 0 Å². The van der Waals surface area contributed by atoms with Crippen LogP contribution in [-0.2, 0) is 26.5 Å². The largest absolute Gasteiger partial charge is 0.490 e. The number of hydrogen-bond acceptors (Lipinski definition) is 12. The van der Waals surface area contributed by atoms with Crippen LogP contribution in [0.1, 0.15) is 49.7 Å². The van der Waals surface area contributed by atoms with E-state index >= 15 is 0 Å². The third kappa shape index (κ3) is 11.1. The molecule has 1 aromatic heterocycles. The van der Waals surface area contributed by atoms with Crippen molar-refractivity contribution < 1.29 is 49.6 Å². The summed E-state index contributed by atoms with van der Waals surface area (Å²) in [6.07, 6.45) is 1.67. The van der Waals surface area contributed by atoms with Gasteiger partial charge >= 0.3 is 0 Å². The molecule has 0 radical (unpaired) electrons. The molecule has 284 valence electrons. The molecule has 0 saturated heterocycles. The lowest BCUT2D eigenvalue weighted by molar-refractivity contribution is -0.140. The van der Waals surface area contributed by atoms with Gasteiger partial charge in [0.15, 0.2) is 0 Å². The molecule has 2 saturated carbocycles. The SMILES string of the molecule is O=C(CCCSc1ccc(Cl)c(COC2(c3cnccc3-c3ccccc3OC3CC3)CC2)c1)N(CCOCCO)CC(O)C(O)C(O)C(O)CO. The number of carbonyl (C=O) groups excluding carboxylic acids is 1. The molecule has 52 heavy (non-hydrogen) atoms. The molecule has 2 fully saturated rings. The Morgan fingerprint density at radius 3 is 2.50 bits per heavy atom. The van der Waals surface area contributed by atoms with Crippen LogP contribution in [0.5, 0.6) is 5.75 Å². The second-order valence-electron chi connectivity index (χ2n) is 13.2. The first-order valence-corrected chi connectivity index (χ1v) is 19.1. The first-order chi connectivity index (χ1) is 25.2. The van der Waals surface area contributed by atoms with Gasteiger partial charge in [-0.3, -0.25) is 9.78 Å². The Morgan fingerprint density at radius 2 is 1.77 bits per heavy atom. The average molecular weight is 761 g/mol. The molecule has 4 unspecified atom stereocenters. The molecule has 0 bridgehead atoms. The average Bonchev–Trinajstić information content (AvgIpc) is 4.11. The molecule has 1 amide bonds. The van der Waals surface area contributed by atoms with E-state index < -0.39 is 36.6 Å². The van der Waals surface area contributed by atoms with Gasteiger partial charge in [0.05, 0.1) is 44.7 Å². The Bertz CT molecular complexity index is 1590. The van der Waals surface area contributed by atoms with E-state index in [0.29, 0.717) is 23.8 Å². The highest BCUT2D eigenvalue weighted by Crippen LogP contribution is 2.53. The first kappa shape index (κ1) is 40.4. The summed E-state index contributed by atoms with van der Waals surface area (Å²) < 4.78 is 18.1. The lowest BCUT2D eigenvalue weighted by atomic mass is 9.96. The summed E-state index contributed by atoms with van der Waals surface area (Å²) in [6.45, 7) is -0.755. The van der Waals surface area contributed by atoms with Gasteiger partial charge in [0.2, 0.25) is 5.91 Å². The molecule has 2 aromatic carbocycles. The van der Waals surface area contributed by atoms with Crippen molar-refractivity contribution in [3.05, 3.63) is 77.1 Å². The van der Waals surface area contributed by atoms with Gasteiger partial charge in [-0.2, -0.15) is 0 Å². The third-order valence-electron chi connectivity index (χ3n) is 9.16. The van der Waals surface area contributed by atoms with Gasteiger partial charge in [0, 0.05) is 52.9 Å². The smallest absolute Gasteiger partial charge is 0.222 e. The van der Waals surface area contributed by atoms with Crippen molar-refractivity contribution >= 4 is 29.3 Å². The zero-order valence-corrected chi connectivity index (χ0v) is 30.6. The Hall–Kier alpha value is -2.82. The number of benzene rings is 2. The number of aliphatic hydroxyl groups is 6. The summed E-state index contributed by atoms with van der Waals surface area (Å²) in [5.41, 5.74) is 3.49. The summed E-state index contributed by atoms with van der Waals surface area (Å²) in [7, 11) is 0. The molecule has 0 spiro atoms. The monoisotopic (exact) mass is 760 g/mol. The molecule has 5 rings (SSSR count). The predicted octanol–water partition coefficient (Wildman–Crippen LogP) is 3.29. The Labute approximate surface area is 313 Å². The number of aliphatic hydroxyl groups excluding tert-OH is 6. The molecule has 2 aliphatic carbocycles. The fraction of sp³-hybridized carbons (Fsp3) is 0.526. The lowest BCUT2D eigenvalue weighted by Crippen LogP contribution is -2.51. The van der Waals surface area contributed by atoms with Crippen LogP contribution in [0.15, 0.2) is 65.8 Å². The standard InChI is InChI=1S/C38H49ClN2O10S/c39-31-10-9-27(52-19-3-6-35(46)41(15-17-49-18-16-42)22-32(44)36(47)37(48)33(45)23-43)20-25(31)24-50-38(12-13-38)30-21-40-14-11-28(30)29-4-1-2-5-34(29)51-26-7-8-26/h1-2,4-5,9-11,14,20-21,26,32-33,36-37,42-45,47-48H,3,6-8,12-13,15-19,22-24H2. The molecule has 3 aromatic rings. The number of nitrogens with zero attached hydrogens (tertiary/aromatic N) is 2. The summed E-state index contributed by atoms with van der Waals surface area (Å²) in [4.78, 5) is 19.9. The van der Waals surface area contributed by atoms with Crippen LogP contribution in [0, 0.1) is 0 Å². The van der Waals surface area contributed by atoms with Crippen molar-refractivity contribution in [2.24, 2.45) is 0 Å². The minimum absolute atomic E-state index is 0.0785. The normalized spacial score (nSPS) is 17.3. The second-order valence-corrected chi connectivity index (χ2v) is 14.8. The number of rotatable bonds is 23. The number of amides is 1. The maximum absolute atomic E-state index is 13.1. The fourth-order valence-electron chi connectivity index (χ4n) is 5.85. The molecule has 4 atom stereocenters. The maximum atomic E-state index is 13.1. The summed E-state index contributed by atoms with van der Waals surface area (Å²) >= 11 is 8.20. The van der Waals surface area contributed by atoms with Gasteiger partial charge in [0.25, 0.3) is 0 Å². The predicted molar refractivity (Wildman–Crippen MR) is 196 cm³/mol. The van der Waals surface area contributed by atoms with Crippen molar-refractivity contribution in [3.8, 4) is 16.9 Å². The van der Waals surface area contributed by atoms with Gasteiger partial charge in [-0.1, -0.05) is 29.8 Å². The molecule has 1 heterocycles. The molecule has 6 N–H and O–H groups in total. The zero-order chi connectivity index (χ0) is 37.1. The molecular formula is C38H49ClN2O10S. The summed E-state index contributed by atoms with van der Waals surface area (Å²) in [5, 5.41) is 59.0. The van der Waals surface area contributed by atoms with Gasteiger partial charge in [-0.15, -0.1) is 11.8 Å². The number of hydrogen-bond donors (Lipinski definition) is 6. The molecule has 0 aliphatic heterocycles. The molecule has 12 nitrogen and oxygen atoms in total. The number of para-hydroxylation sites is 1. The minimum Gasteiger partial charge on any atom is -0.490 e. The van der Waals surface area contributed by atoms with Gasteiger partial charge in [-0.05, 0) is 79.3 Å². The molecule has 14 heteroatoms. The van der Waals surface area contributed by atoms with Crippen LogP contribution >= 0.6 is 23.4 Å². The van der Waals surface area contributed by atoms with Crippen molar-refractivity contribution in [3.63, 3.8) is 0 Å². The fourth-order valence-corrected chi connectivity index (χ4v) is 6.94. The lowest BCUT2D eigenvalue weighted by Gasteiger charge is -2.30. The van der Waals surface area contributed by atoms with E-state index in [1.165, 1.54) is 4.90 Å². The Kier molecular flexibility index (Phi) is 15.1. The van der Waals surface area contributed by atoms with Crippen molar-refractivity contribution in [2.75, 3.05) is 45.3 Å². The quantitative estimate of drug-likeness (QED) is 0.0614. The van der Waals surface area contributed by atoms with Gasteiger partial charge < -0.3 is 49.7 Å². The van der Waals surface area contributed by atoms with Crippen LogP contribution in [0.4, 0.5) is 0 Å². The summed E-state index contributed by atoms with van der Waals surface area (Å²) in [6, 6.07) is 15.9. The zero-order valence-electron chi connectivity index (χ0n) is 29.1. The van der Waals surface area contributed by atoms with E-state index in [9.17, 15) is 25.2 Å². The van der Waals surface area contributed by atoms with Crippen LogP contribution in [0.2, 0.25) is 5.02 Å².